The van der Waals surface area contributed by atoms with Crippen molar-refractivity contribution in [1.82, 2.24) is 0 Å². The number of anilines is 3. The van der Waals surface area contributed by atoms with E-state index in [1.54, 1.807) is 23.9 Å². The highest BCUT2D eigenvalue weighted by molar-refractivity contribution is 7.98. The van der Waals surface area contributed by atoms with Crippen LogP contribution < -0.4 is 15.5 Å². The van der Waals surface area contributed by atoms with Crippen LogP contribution in [0.3, 0.4) is 0 Å². The molecular formula is C19H21N3O3S. The number of thioether (sulfide) groups is 1. The third kappa shape index (κ3) is 4.56. The van der Waals surface area contributed by atoms with E-state index >= 15 is 0 Å². The van der Waals surface area contributed by atoms with Crippen LogP contribution in [0.2, 0.25) is 0 Å². The third-order valence-electron chi connectivity index (χ3n) is 4.04. The summed E-state index contributed by atoms with van der Waals surface area (Å²) in [5.41, 5.74) is 2.10. The van der Waals surface area contributed by atoms with E-state index in [1.807, 2.05) is 42.7 Å². The molecule has 2 aromatic rings. The molecule has 2 amide bonds. The van der Waals surface area contributed by atoms with Crippen LogP contribution in [-0.4, -0.2) is 44.4 Å². The summed E-state index contributed by atoms with van der Waals surface area (Å²) in [7, 11) is 0. The van der Waals surface area contributed by atoms with E-state index in [0.29, 0.717) is 24.6 Å². The van der Waals surface area contributed by atoms with Crippen molar-refractivity contribution in [3.05, 3.63) is 48.5 Å². The Labute approximate surface area is 156 Å². The number of ether oxygens (including phenoxy) is 1. The Balaban J connectivity index is 1.68. The van der Waals surface area contributed by atoms with Gasteiger partial charge in [0, 0.05) is 23.7 Å². The summed E-state index contributed by atoms with van der Waals surface area (Å²) in [5.74, 6) is -1.39. The summed E-state index contributed by atoms with van der Waals surface area (Å²) < 4.78 is 5.37. The van der Waals surface area contributed by atoms with Gasteiger partial charge in [0.15, 0.2) is 0 Å². The minimum atomic E-state index is -0.694. The second kappa shape index (κ2) is 8.73. The first-order valence-corrected chi connectivity index (χ1v) is 9.58. The minimum absolute atomic E-state index is 0.596. The maximum atomic E-state index is 12.3. The van der Waals surface area contributed by atoms with Crippen LogP contribution in [-0.2, 0) is 14.3 Å². The van der Waals surface area contributed by atoms with Crippen molar-refractivity contribution >= 4 is 40.6 Å². The van der Waals surface area contributed by atoms with Gasteiger partial charge < -0.3 is 20.3 Å². The Morgan fingerprint density at radius 1 is 1.00 bits per heavy atom. The fourth-order valence-corrected chi connectivity index (χ4v) is 3.19. The lowest BCUT2D eigenvalue weighted by atomic mass is 10.2. The van der Waals surface area contributed by atoms with Gasteiger partial charge >= 0.3 is 11.8 Å². The molecule has 7 heteroatoms. The fraction of sp³-hybridized carbons (Fsp3) is 0.263. The standard InChI is InChI=1S/C19H21N3O3S/c1-26-15-6-4-5-14(13-15)20-18(23)19(24)21-16-7-2-3-8-17(16)22-9-11-25-12-10-22/h2-8,13H,9-12H2,1H3,(H,20,23)(H,21,24). The molecule has 1 aliphatic heterocycles. The summed E-state index contributed by atoms with van der Waals surface area (Å²) in [4.78, 5) is 27.7. The lowest BCUT2D eigenvalue weighted by molar-refractivity contribution is -0.132. The lowest BCUT2D eigenvalue weighted by Crippen LogP contribution is -2.37. The number of nitrogens with one attached hydrogen (secondary N) is 2. The summed E-state index contributed by atoms with van der Waals surface area (Å²) >= 11 is 1.57. The van der Waals surface area contributed by atoms with Crippen molar-refractivity contribution in [2.24, 2.45) is 0 Å². The summed E-state index contributed by atoms with van der Waals surface area (Å²) in [6.45, 7) is 2.80. The topological polar surface area (TPSA) is 70.7 Å². The Hall–Kier alpha value is -2.51. The van der Waals surface area contributed by atoms with E-state index in [9.17, 15) is 9.59 Å². The Kier molecular flexibility index (Phi) is 6.14. The van der Waals surface area contributed by atoms with Crippen LogP contribution in [0.1, 0.15) is 0 Å². The Morgan fingerprint density at radius 3 is 2.50 bits per heavy atom. The van der Waals surface area contributed by atoms with Gasteiger partial charge in [-0.25, -0.2) is 0 Å². The molecule has 1 heterocycles. The lowest BCUT2D eigenvalue weighted by Gasteiger charge is -2.30. The van der Waals surface area contributed by atoms with Crippen molar-refractivity contribution in [3.8, 4) is 0 Å². The predicted molar refractivity (Wildman–Crippen MR) is 105 cm³/mol. The van der Waals surface area contributed by atoms with E-state index in [4.69, 9.17) is 4.74 Å². The van der Waals surface area contributed by atoms with Crippen LogP contribution in [0.4, 0.5) is 17.1 Å². The minimum Gasteiger partial charge on any atom is -0.378 e. The number of hydrogen-bond acceptors (Lipinski definition) is 5. The molecule has 0 unspecified atom stereocenters. The average Bonchev–Trinajstić information content (AvgIpc) is 2.69. The SMILES string of the molecule is CSc1cccc(NC(=O)C(=O)Nc2ccccc2N2CCOCC2)c1. The summed E-state index contributed by atoms with van der Waals surface area (Å²) in [5, 5.41) is 5.36. The maximum Gasteiger partial charge on any atom is 0.314 e. The number of morpholine rings is 1. The second-order valence-corrected chi connectivity index (χ2v) is 6.64. The highest BCUT2D eigenvalue weighted by atomic mass is 32.2. The van der Waals surface area contributed by atoms with Gasteiger partial charge in [0.05, 0.1) is 24.6 Å². The van der Waals surface area contributed by atoms with Crippen LogP contribution in [0.25, 0.3) is 0 Å². The van der Waals surface area contributed by atoms with Crippen molar-refractivity contribution in [1.29, 1.82) is 0 Å². The van der Waals surface area contributed by atoms with Crippen LogP contribution >= 0.6 is 11.8 Å². The quantitative estimate of drug-likeness (QED) is 0.639. The highest BCUT2D eigenvalue weighted by Crippen LogP contribution is 2.26. The molecular weight excluding hydrogens is 350 g/mol. The molecule has 136 valence electrons. The smallest absolute Gasteiger partial charge is 0.314 e. The number of benzene rings is 2. The molecule has 0 saturated carbocycles. The molecule has 1 fully saturated rings. The zero-order chi connectivity index (χ0) is 18.4. The van der Waals surface area contributed by atoms with E-state index in [-0.39, 0.29) is 0 Å². The van der Waals surface area contributed by atoms with Crippen molar-refractivity contribution in [2.75, 3.05) is 48.1 Å². The zero-order valence-electron chi connectivity index (χ0n) is 14.5. The molecule has 0 spiro atoms. The summed E-state index contributed by atoms with van der Waals surface area (Å²) in [6.07, 6.45) is 1.95. The van der Waals surface area contributed by atoms with Gasteiger partial charge in [-0.2, -0.15) is 0 Å². The number of carbonyl (C=O) groups is 2. The molecule has 6 nitrogen and oxygen atoms in total. The average molecular weight is 371 g/mol. The number of para-hydroxylation sites is 2. The van der Waals surface area contributed by atoms with Crippen LogP contribution in [0, 0.1) is 0 Å². The predicted octanol–water partition coefficient (Wildman–Crippen LogP) is 2.82. The van der Waals surface area contributed by atoms with Crippen molar-refractivity contribution in [3.63, 3.8) is 0 Å². The van der Waals surface area contributed by atoms with E-state index in [1.165, 1.54) is 0 Å². The van der Waals surface area contributed by atoms with E-state index in [0.717, 1.165) is 23.7 Å². The Morgan fingerprint density at radius 2 is 1.73 bits per heavy atom. The number of hydrogen-bond donors (Lipinski definition) is 2. The van der Waals surface area contributed by atoms with Crippen molar-refractivity contribution in [2.45, 2.75) is 4.90 Å². The number of rotatable bonds is 4. The molecule has 2 aromatic carbocycles. The highest BCUT2D eigenvalue weighted by Gasteiger charge is 2.19. The third-order valence-corrected chi connectivity index (χ3v) is 4.76. The molecule has 1 aliphatic rings. The number of carbonyl (C=O) groups excluding carboxylic acids is 2. The molecule has 26 heavy (non-hydrogen) atoms. The first-order valence-electron chi connectivity index (χ1n) is 8.35. The maximum absolute atomic E-state index is 12.3. The van der Waals surface area contributed by atoms with Gasteiger partial charge in [-0.05, 0) is 36.6 Å². The molecule has 0 bridgehead atoms. The number of nitrogens with zero attached hydrogens (tertiary/aromatic N) is 1. The fourth-order valence-electron chi connectivity index (χ4n) is 2.73. The molecule has 1 saturated heterocycles. The van der Waals surface area contributed by atoms with Crippen LogP contribution in [0.15, 0.2) is 53.4 Å². The molecule has 2 N–H and O–H groups in total. The van der Waals surface area contributed by atoms with E-state index < -0.39 is 11.8 Å². The first-order chi connectivity index (χ1) is 12.7. The van der Waals surface area contributed by atoms with Gasteiger partial charge in [0.25, 0.3) is 0 Å². The van der Waals surface area contributed by atoms with Gasteiger partial charge in [-0.1, -0.05) is 18.2 Å². The van der Waals surface area contributed by atoms with E-state index in [2.05, 4.69) is 15.5 Å². The molecule has 3 rings (SSSR count). The summed E-state index contributed by atoms with van der Waals surface area (Å²) in [6, 6.07) is 14.8. The van der Waals surface area contributed by atoms with Gasteiger partial charge in [0.2, 0.25) is 0 Å². The first kappa shape index (κ1) is 18.3. The van der Waals surface area contributed by atoms with Gasteiger partial charge in [0.1, 0.15) is 0 Å². The Bertz CT molecular complexity index is 791. The van der Waals surface area contributed by atoms with Crippen molar-refractivity contribution < 1.29 is 14.3 Å². The van der Waals surface area contributed by atoms with Gasteiger partial charge in [-0.15, -0.1) is 11.8 Å². The normalized spacial score (nSPS) is 14.0. The zero-order valence-corrected chi connectivity index (χ0v) is 15.3. The molecule has 0 aromatic heterocycles. The van der Waals surface area contributed by atoms with Gasteiger partial charge in [-0.3, -0.25) is 9.59 Å². The monoisotopic (exact) mass is 371 g/mol. The number of amides is 2. The molecule has 0 atom stereocenters. The largest absolute Gasteiger partial charge is 0.378 e. The van der Waals surface area contributed by atoms with Crippen LogP contribution in [0.5, 0.6) is 0 Å². The molecule has 0 radical (unpaired) electrons. The second-order valence-electron chi connectivity index (χ2n) is 5.76. The molecule has 0 aliphatic carbocycles.